The van der Waals surface area contributed by atoms with E-state index in [-0.39, 0.29) is 12.1 Å². The molecule has 0 aromatic heterocycles. The molecule has 0 spiro atoms. The largest absolute Gasteiger partial charge is 0.334 e. The maximum Gasteiger partial charge on any atom is 0.317 e. The molecule has 1 aliphatic rings. The first-order valence-electron chi connectivity index (χ1n) is 7.81. The lowest BCUT2D eigenvalue weighted by Crippen LogP contribution is -2.46. The van der Waals surface area contributed by atoms with Gasteiger partial charge in [0.15, 0.2) is 0 Å². The number of carbonyl (C=O) groups excluding carboxylic acids is 1. The third kappa shape index (κ3) is 4.09. The van der Waals surface area contributed by atoms with Crippen molar-refractivity contribution in [1.29, 1.82) is 0 Å². The number of amides is 2. The second-order valence-corrected chi connectivity index (χ2v) is 7.92. The SMILES string of the molecule is Cc1cc(C)c(CNC(=O)N(C)C2CCS(=O)CC2)c(C)c1. The molecule has 0 unspecified atom stereocenters. The smallest absolute Gasteiger partial charge is 0.317 e. The summed E-state index contributed by atoms with van der Waals surface area (Å²) in [5, 5.41) is 3.02. The molecule has 122 valence electrons. The fourth-order valence-corrected chi connectivity index (χ4v) is 4.39. The molecule has 0 saturated carbocycles. The standard InChI is InChI=1S/C17H26N2O2S/c1-12-9-13(2)16(14(3)10-12)11-18-17(20)19(4)15-5-7-22(21)8-6-15/h9-10,15H,5-8,11H2,1-4H3,(H,18,20). The zero-order valence-corrected chi connectivity index (χ0v) is 14.8. The summed E-state index contributed by atoms with van der Waals surface area (Å²) in [6.07, 6.45) is 1.66. The zero-order chi connectivity index (χ0) is 16.3. The number of hydrogen-bond donors (Lipinski definition) is 1. The maximum absolute atomic E-state index is 12.3. The van der Waals surface area contributed by atoms with Gasteiger partial charge in [-0.25, -0.2) is 4.79 Å². The summed E-state index contributed by atoms with van der Waals surface area (Å²) < 4.78 is 11.4. The molecule has 1 saturated heterocycles. The summed E-state index contributed by atoms with van der Waals surface area (Å²) in [5.74, 6) is 1.41. The number of aryl methyl sites for hydroxylation is 3. The summed E-state index contributed by atoms with van der Waals surface area (Å²) in [4.78, 5) is 14.1. The lowest BCUT2D eigenvalue weighted by Gasteiger charge is -2.31. The third-order valence-corrected chi connectivity index (χ3v) is 5.86. The van der Waals surface area contributed by atoms with Crippen molar-refractivity contribution in [3.63, 3.8) is 0 Å². The van der Waals surface area contributed by atoms with Crippen molar-refractivity contribution in [2.45, 2.75) is 46.2 Å². The van der Waals surface area contributed by atoms with E-state index < -0.39 is 10.8 Å². The molecule has 22 heavy (non-hydrogen) atoms. The summed E-state index contributed by atoms with van der Waals surface area (Å²) in [5.41, 5.74) is 4.87. The average molecular weight is 322 g/mol. The maximum atomic E-state index is 12.3. The Labute approximate surface area is 135 Å². The molecule has 4 nitrogen and oxygen atoms in total. The van der Waals surface area contributed by atoms with E-state index in [0.717, 1.165) is 12.8 Å². The lowest BCUT2D eigenvalue weighted by molar-refractivity contribution is 0.185. The van der Waals surface area contributed by atoms with E-state index in [2.05, 4.69) is 38.2 Å². The van der Waals surface area contributed by atoms with Crippen LogP contribution in [0, 0.1) is 20.8 Å². The Balaban J connectivity index is 1.94. The highest BCUT2D eigenvalue weighted by Gasteiger charge is 2.24. The number of benzene rings is 1. The minimum atomic E-state index is -0.691. The average Bonchev–Trinajstić information content (AvgIpc) is 2.46. The van der Waals surface area contributed by atoms with Gasteiger partial charge in [-0.2, -0.15) is 0 Å². The van der Waals surface area contributed by atoms with Crippen LogP contribution in [0.25, 0.3) is 0 Å². The number of urea groups is 1. The Bertz CT molecular complexity index is 553. The van der Waals surface area contributed by atoms with E-state index >= 15 is 0 Å². The third-order valence-electron chi connectivity index (χ3n) is 4.48. The van der Waals surface area contributed by atoms with Crippen molar-refractivity contribution in [2.24, 2.45) is 0 Å². The first-order chi connectivity index (χ1) is 10.4. The summed E-state index contributed by atoms with van der Waals surface area (Å²) in [6.45, 7) is 6.81. The first kappa shape index (κ1) is 17.0. The van der Waals surface area contributed by atoms with Crippen molar-refractivity contribution in [3.8, 4) is 0 Å². The van der Waals surface area contributed by atoms with E-state index in [0.29, 0.717) is 18.1 Å². The first-order valence-corrected chi connectivity index (χ1v) is 9.29. The summed E-state index contributed by atoms with van der Waals surface area (Å²) >= 11 is 0. The Morgan fingerprint density at radius 3 is 2.32 bits per heavy atom. The van der Waals surface area contributed by atoms with Crippen LogP contribution < -0.4 is 5.32 Å². The Kier molecular flexibility index (Phi) is 5.62. The van der Waals surface area contributed by atoms with Gasteiger partial charge in [0.25, 0.3) is 0 Å². The molecule has 0 bridgehead atoms. The van der Waals surface area contributed by atoms with Crippen molar-refractivity contribution >= 4 is 16.8 Å². The molecule has 1 aliphatic heterocycles. The van der Waals surface area contributed by atoms with Crippen LogP contribution in [0.1, 0.15) is 35.1 Å². The molecule has 0 radical (unpaired) electrons. The minimum absolute atomic E-state index is 0.0444. The molecule has 0 atom stereocenters. The highest BCUT2D eigenvalue weighted by atomic mass is 32.2. The van der Waals surface area contributed by atoms with E-state index in [1.54, 1.807) is 4.90 Å². The summed E-state index contributed by atoms with van der Waals surface area (Å²) in [7, 11) is 1.15. The van der Waals surface area contributed by atoms with E-state index in [1.807, 2.05) is 7.05 Å². The highest BCUT2D eigenvalue weighted by Crippen LogP contribution is 2.17. The number of nitrogens with one attached hydrogen (secondary N) is 1. The molecule has 1 aromatic carbocycles. The van der Waals surface area contributed by atoms with Gasteiger partial charge in [0, 0.05) is 41.9 Å². The molecule has 1 N–H and O–H groups in total. The fraction of sp³-hybridized carbons (Fsp3) is 0.588. The number of nitrogens with zero attached hydrogens (tertiary/aromatic N) is 1. The normalized spacial score (nSPS) is 21.5. The van der Waals surface area contributed by atoms with Gasteiger partial charge in [-0.1, -0.05) is 17.7 Å². The van der Waals surface area contributed by atoms with Gasteiger partial charge in [-0.05, 0) is 50.3 Å². The predicted octanol–water partition coefficient (Wildman–Crippen LogP) is 2.66. The van der Waals surface area contributed by atoms with Gasteiger partial charge in [0.2, 0.25) is 0 Å². The van der Waals surface area contributed by atoms with Crippen LogP contribution in [-0.4, -0.2) is 39.7 Å². The lowest BCUT2D eigenvalue weighted by atomic mass is 10.00. The predicted molar refractivity (Wildman–Crippen MR) is 91.6 cm³/mol. The fourth-order valence-electron chi connectivity index (χ4n) is 3.11. The quantitative estimate of drug-likeness (QED) is 0.930. The molecule has 1 fully saturated rings. The molecule has 2 rings (SSSR count). The van der Waals surface area contributed by atoms with Crippen LogP contribution in [0.2, 0.25) is 0 Å². The van der Waals surface area contributed by atoms with E-state index in [1.165, 1.54) is 22.3 Å². The molecular weight excluding hydrogens is 296 g/mol. The molecule has 1 heterocycles. The molecular formula is C17H26N2O2S. The van der Waals surface area contributed by atoms with Crippen LogP contribution >= 0.6 is 0 Å². The second kappa shape index (κ2) is 7.27. The van der Waals surface area contributed by atoms with Gasteiger partial charge in [-0.15, -0.1) is 0 Å². The van der Waals surface area contributed by atoms with E-state index in [4.69, 9.17) is 0 Å². The molecule has 1 aromatic rings. The monoisotopic (exact) mass is 322 g/mol. The number of carbonyl (C=O) groups is 1. The van der Waals surface area contributed by atoms with Crippen molar-refractivity contribution < 1.29 is 9.00 Å². The molecule has 0 aliphatic carbocycles. The van der Waals surface area contributed by atoms with E-state index in [9.17, 15) is 9.00 Å². The number of hydrogen-bond acceptors (Lipinski definition) is 2. The van der Waals surface area contributed by atoms with Crippen molar-refractivity contribution in [1.82, 2.24) is 10.2 Å². The van der Waals surface area contributed by atoms with Crippen molar-refractivity contribution in [3.05, 3.63) is 34.4 Å². The Morgan fingerprint density at radius 2 is 1.77 bits per heavy atom. The highest BCUT2D eigenvalue weighted by molar-refractivity contribution is 7.85. The number of rotatable bonds is 3. The van der Waals surface area contributed by atoms with Gasteiger partial charge in [0.1, 0.15) is 0 Å². The van der Waals surface area contributed by atoms with Gasteiger partial charge >= 0.3 is 6.03 Å². The minimum Gasteiger partial charge on any atom is -0.334 e. The Hall–Kier alpha value is -1.36. The Morgan fingerprint density at radius 1 is 1.23 bits per heavy atom. The van der Waals surface area contributed by atoms with Gasteiger partial charge in [0.05, 0.1) is 0 Å². The topological polar surface area (TPSA) is 49.4 Å². The molecule has 5 heteroatoms. The van der Waals surface area contributed by atoms with Crippen LogP contribution in [-0.2, 0) is 17.3 Å². The second-order valence-electron chi connectivity index (χ2n) is 6.23. The summed E-state index contributed by atoms with van der Waals surface area (Å²) in [6, 6.07) is 4.46. The van der Waals surface area contributed by atoms with Crippen molar-refractivity contribution in [2.75, 3.05) is 18.6 Å². The zero-order valence-electron chi connectivity index (χ0n) is 13.9. The van der Waals surface area contributed by atoms with Crippen LogP contribution in [0.4, 0.5) is 4.79 Å². The van der Waals surface area contributed by atoms with Crippen LogP contribution in [0.3, 0.4) is 0 Å². The van der Waals surface area contributed by atoms with Crippen LogP contribution in [0.5, 0.6) is 0 Å². The van der Waals surface area contributed by atoms with Gasteiger partial charge < -0.3 is 10.2 Å². The van der Waals surface area contributed by atoms with Gasteiger partial charge in [-0.3, -0.25) is 4.21 Å². The van der Waals surface area contributed by atoms with Crippen LogP contribution in [0.15, 0.2) is 12.1 Å². The molecule has 2 amide bonds.